The number of allylic oxidation sites excluding steroid dienone is 2. The largest absolute Gasteiger partial charge is 0.542 e. The maximum atomic E-state index is 13.6. The number of ether oxygens (including phenoxy) is 4. The molecule has 0 radical (unpaired) electrons. The van der Waals surface area contributed by atoms with Gasteiger partial charge >= 0.3 is 18.1 Å². The van der Waals surface area contributed by atoms with Gasteiger partial charge in [-0.1, -0.05) is 171 Å². The highest BCUT2D eigenvalue weighted by Gasteiger charge is 2.75. The third kappa shape index (κ3) is 14.5. The first-order valence-corrected chi connectivity index (χ1v) is 44.4. The van der Waals surface area contributed by atoms with Crippen molar-refractivity contribution in [1.29, 1.82) is 0 Å². The molecule has 6 heterocycles. The van der Waals surface area contributed by atoms with Crippen LogP contribution >= 0.6 is 22.6 Å². The number of nitrogens with two attached hydrogens (primary N) is 2. The van der Waals surface area contributed by atoms with E-state index in [0.717, 1.165) is 99.8 Å². The van der Waals surface area contributed by atoms with Crippen LogP contribution in [0.1, 0.15) is 228 Å². The Morgan fingerprint density at radius 2 is 0.956 bits per heavy atom. The number of nitrogens with zero attached hydrogens (tertiary/aromatic N) is 8. The van der Waals surface area contributed by atoms with Crippen LogP contribution in [0.5, 0.6) is 0 Å². The van der Waals surface area contributed by atoms with E-state index in [1.807, 2.05) is 41.1 Å². The summed E-state index contributed by atoms with van der Waals surface area (Å²) in [4.78, 5) is 51.8. The second-order valence-electron chi connectivity index (χ2n) is 40.8. The summed E-state index contributed by atoms with van der Waals surface area (Å²) in [6.07, 6.45) is 22.0. The molecule has 10 aliphatic rings. The third-order valence-corrected chi connectivity index (χ3v) is 34.1. The predicted molar refractivity (Wildman–Crippen MR) is 440 cm³/mol. The zero-order valence-corrected chi connectivity index (χ0v) is 74.5. The molecule has 0 unspecified atom stereocenters. The molecule has 114 heavy (non-hydrogen) atoms. The first-order valence-electron chi connectivity index (χ1n) is 42.2. The van der Waals surface area contributed by atoms with E-state index >= 15 is 0 Å². The number of carbonyl (C=O) groups is 3. The van der Waals surface area contributed by atoms with Crippen molar-refractivity contribution >= 4 is 40.5 Å². The number of hydrogen-bond donors (Lipinski definition) is 4. The summed E-state index contributed by atoms with van der Waals surface area (Å²) in [5.74, 6) is -0.180. The van der Waals surface area contributed by atoms with Crippen molar-refractivity contribution in [2.75, 3.05) is 44.6 Å². The number of hydrogen-bond acceptors (Lipinski definition) is 15. The number of fused-ring (bicyclic) bond motifs is 6. The van der Waals surface area contributed by atoms with Crippen molar-refractivity contribution < 1.29 is 66.4 Å². The molecule has 8 aliphatic carbocycles. The number of carbonyl (C=O) groups excluding carboxylic acids is 1. The predicted octanol–water partition coefficient (Wildman–Crippen LogP) is 16.2. The minimum atomic E-state index is -5.19. The summed E-state index contributed by atoms with van der Waals surface area (Å²) in [7, 11) is 2.03. The molecule has 2 aliphatic heterocycles. The summed E-state index contributed by atoms with van der Waals surface area (Å²) in [5, 5.41) is 41.0. The zero-order chi connectivity index (χ0) is 84.2. The van der Waals surface area contributed by atoms with Gasteiger partial charge in [0, 0.05) is 68.4 Å². The SMILES string of the molecule is CC(C)[C@@H](C)[C@@]1(C)CC[C@]2(C)[C@H]3CC[C@@H]4[C@@]5(COC[C@@]4(C)[C@@H](OC[C@](C)(N)C(C)C)[C@H](n4ncnc4-c4cc[n+](C)cc4)C5)C3=CC[C@@]2(C)[C@@H]1C(=O)O.CC(C)[C@@H](C)[C@@]1(C)CC[C@]2(C)[C@H]3CC[C@@H]4[C@@]5(COC[C@@]4(C)[C@@H](OC[C@](C)(N)C(C)C)[C@H](n4ncnc4-c4ccncc4)C5)C3=CC[C@@]2(C)[C@@H]1C(=O)O.CI.O=C([O-])C(F)(F)F. The van der Waals surface area contributed by atoms with Gasteiger partial charge in [-0.25, -0.2) is 23.9 Å². The molecule has 0 spiro atoms. The summed E-state index contributed by atoms with van der Waals surface area (Å²) in [5.41, 5.74) is 15.2. The lowest BCUT2D eigenvalue weighted by atomic mass is 9.34. The molecule has 0 aromatic carbocycles. The average molecular weight is 1700 g/mol. The summed E-state index contributed by atoms with van der Waals surface area (Å²) < 4.78 is 65.8. The Bertz CT molecular complexity index is 4170. The highest BCUT2D eigenvalue weighted by Crippen LogP contribution is 2.78. The Labute approximate surface area is 690 Å². The van der Waals surface area contributed by atoms with E-state index in [2.05, 4.69) is 212 Å². The second kappa shape index (κ2) is 32.0. The first kappa shape index (κ1) is 89.5. The van der Waals surface area contributed by atoms with Crippen LogP contribution in [0.4, 0.5) is 13.2 Å². The number of pyridine rings is 2. The van der Waals surface area contributed by atoms with Gasteiger partial charge in [-0.2, -0.15) is 23.4 Å². The quantitative estimate of drug-likeness (QED) is 0.0312. The van der Waals surface area contributed by atoms with E-state index in [1.165, 1.54) is 11.1 Å². The van der Waals surface area contributed by atoms with Crippen molar-refractivity contribution in [1.82, 2.24) is 34.5 Å². The number of aromatic nitrogens is 8. The van der Waals surface area contributed by atoms with E-state index in [-0.39, 0.29) is 96.2 Å². The van der Waals surface area contributed by atoms with Crippen LogP contribution in [0, 0.1) is 125 Å². The van der Waals surface area contributed by atoms with Crippen LogP contribution in [0.3, 0.4) is 0 Å². The van der Waals surface area contributed by atoms with Gasteiger partial charge in [0.1, 0.15) is 25.7 Å². The van der Waals surface area contributed by atoms with Crippen LogP contribution in [0.2, 0.25) is 0 Å². The number of rotatable bonds is 18. The fraction of sp³-hybridized carbons (Fsp3) is 0.767. The van der Waals surface area contributed by atoms with Crippen LogP contribution in [-0.4, -0.2) is 137 Å². The minimum absolute atomic E-state index is 0.0939. The van der Waals surface area contributed by atoms with Gasteiger partial charge in [-0.3, -0.25) is 14.6 Å². The molecule has 2 saturated heterocycles. The van der Waals surface area contributed by atoms with Crippen LogP contribution in [0.15, 0.2) is 85.0 Å². The van der Waals surface area contributed by atoms with Crippen LogP contribution in [0.25, 0.3) is 22.8 Å². The van der Waals surface area contributed by atoms with Gasteiger partial charge in [0.2, 0.25) is 0 Å². The fourth-order valence-corrected chi connectivity index (χ4v) is 25.7. The summed E-state index contributed by atoms with van der Waals surface area (Å²) in [6.45, 7) is 48.9. The van der Waals surface area contributed by atoms with Crippen molar-refractivity contribution in [3.63, 3.8) is 0 Å². The molecule has 0 amide bonds. The number of carboxylic acid groups (broad SMARTS) is 3. The van der Waals surface area contributed by atoms with Crippen LogP contribution in [-0.2, 0) is 40.4 Å². The number of halogens is 4. The standard InChI is InChI=1S/C44H67N5O4.C43H65N5O4.C2HF3O2.CH3I/c1-27(2)29(5)39(6)18-19-41(8)31-12-13-34-40(7)23-52-25-44(34,32(31)14-17-42(41,9)35(39)38(50)51)22-33(36(40)53-24-43(10,45)28(3)4)49-37(46-26-47-49)30-15-20-48(11)21-16-30;1-26(2)28(5)38(6)17-18-40(8)30-11-12-33-39(7)22-51-24-43(33,31(30)13-16-41(40,9)34(38)37(49)50)21-32(35(39)52-23-42(10,44)27(3)4)48-36(46-25-47-48)29-14-19-45-20-15-29;3-2(4,5)1(6)7;1-2/h14-16,20-21,26-29,31,33-36H,12-13,17-19,22-25,45H2,1-11H3;13-15,19-20,25-28,30,32-35H,11-12,16-18,21-24,44H2,1-10H3,(H,49,50);(H,6,7);1H3/t29-,31+,33-,34+,35-,36+,39-,40-,41-,42+,43+,44+;28-,30+,32-,33+,34-,35+,38-,39-,40-,41+,42+,43+;;/m11../s1. The van der Waals surface area contributed by atoms with Crippen molar-refractivity contribution in [2.24, 2.45) is 144 Å². The van der Waals surface area contributed by atoms with Gasteiger partial charge in [0.15, 0.2) is 24.0 Å². The normalized spacial score (nSPS) is 38.9. The summed E-state index contributed by atoms with van der Waals surface area (Å²) >= 11 is 2.15. The lowest BCUT2D eigenvalue weighted by molar-refractivity contribution is -0.671. The summed E-state index contributed by atoms with van der Waals surface area (Å²) in [6, 6.07) is 8.02. The van der Waals surface area contributed by atoms with Gasteiger partial charge in [0.05, 0.1) is 75.8 Å². The fourth-order valence-electron chi connectivity index (χ4n) is 25.7. The second-order valence-corrected chi connectivity index (χ2v) is 40.8. The number of aryl methyl sites for hydroxylation is 1. The number of carboxylic acids is 3. The molecule has 4 aromatic heterocycles. The lowest BCUT2D eigenvalue weighted by Crippen LogP contribution is -2.69. The van der Waals surface area contributed by atoms with E-state index in [4.69, 9.17) is 60.5 Å². The minimum Gasteiger partial charge on any atom is -0.542 e. The monoisotopic (exact) mass is 1700 g/mol. The molecule has 6 saturated carbocycles. The van der Waals surface area contributed by atoms with E-state index in [0.29, 0.717) is 81.1 Å². The number of alkyl halides is 4. The third-order valence-electron chi connectivity index (χ3n) is 34.1. The molecule has 634 valence electrons. The van der Waals surface area contributed by atoms with E-state index < -0.39 is 47.0 Å². The van der Waals surface area contributed by atoms with Gasteiger partial charge < -0.3 is 50.5 Å². The van der Waals surface area contributed by atoms with Crippen molar-refractivity contribution in [2.45, 2.75) is 257 Å². The highest BCUT2D eigenvalue weighted by molar-refractivity contribution is 14.1. The number of aliphatic carboxylic acids is 3. The average Bonchev–Trinajstić information content (AvgIpc) is 0.805. The Morgan fingerprint density at radius 3 is 1.29 bits per heavy atom. The topological polar surface area (TPSA) is 282 Å². The molecule has 8 fully saturated rings. The van der Waals surface area contributed by atoms with Gasteiger partial charge in [-0.05, 0) is 200 Å². The lowest BCUT2D eigenvalue weighted by Gasteiger charge is -2.71. The molecule has 24 heteroatoms. The molecular weight excluding hydrogens is 1560 g/mol. The molecular formula is C90H136F3IN10O10. The van der Waals surface area contributed by atoms with Crippen LogP contribution < -0.4 is 21.1 Å². The Hall–Kier alpha value is -5.25. The molecule has 20 nitrogen and oxygen atoms in total. The van der Waals surface area contributed by atoms with Gasteiger partial charge in [0.25, 0.3) is 0 Å². The maximum absolute atomic E-state index is 13.6. The Kier molecular flexibility index (Phi) is 25.2. The van der Waals surface area contributed by atoms with E-state index in [1.54, 1.807) is 12.7 Å². The maximum Gasteiger partial charge on any atom is 0.430 e. The molecule has 24 atom stereocenters. The molecule has 4 bridgehead atoms. The zero-order valence-electron chi connectivity index (χ0n) is 72.3. The van der Waals surface area contributed by atoms with Crippen molar-refractivity contribution in [3.05, 3.63) is 85.0 Å². The van der Waals surface area contributed by atoms with Gasteiger partial charge in [-0.15, -0.1) is 0 Å². The Balaban J connectivity index is 0.000000203. The molecule has 6 N–H and O–H groups in total. The smallest absolute Gasteiger partial charge is 0.430 e. The van der Waals surface area contributed by atoms with Crippen molar-refractivity contribution in [3.8, 4) is 22.8 Å². The Morgan fingerprint density at radius 1 is 0.596 bits per heavy atom. The molecule has 14 rings (SSSR count). The first-order chi connectivity index (χ1) is 53.1. The highest BCUT2D eigenvalue weighted by atomic mass is 127. The van der Waals surface area contributed by atoms with E-state index in [9.17, 15) is 33.0 Å². The molecule has 4 aromatic rings.